The Morgan fingerprint density at radius 2 is 2.11 bits per heavy atom. The summed E-state index contributed by atoms with van der Waals surface area (Å²) in [5, 5.41) is 6.62. The SMILES string of the molecule is CCCNC(=O)Nc1cc(C)nc2ccccc12. The predicted octanol–water partition coefficient (Wildman–Crippen LogP) is 3.07. The molecule has 2 aromatic rings. The van der Waals surface area contributed by atoms with Crippen molar-refractivity contribution in [3.8, 4) is 0 Å². The maximum absolute atomic E-state index is 11.7. The van der Waals surface area contributed by atoms with E-state index in [0.717, 1.165) is 28.7 Å². The molecule has 1 heterocycles. The van der Waals surface area contributed by atoms with Crippen molar-refractivity contribution < 1.29 is 4.79 Å². The summed E-state index contributed by atoms with van der Waals surface area (Å²) in [4.78, 5) is 16.1. The van der Waals surface area contributed by atoms with Crippen LogP contribution in [-0.4, -0.2) is 17.6 Å². The minimum Gasteiger partial charge on any atom is -0.338 e. The first-order valence-corrected chi connectivity index (χ1v) is 6.12. The van der Waals surface area contributed by atoms with Crippen LogP contribution in [0.4, 0.5) is 10.5 Å². The van der Waals surface area contributed by atoms with Gasteiger partial charge in [0.25, 0.3) is 0 Å². The number of para-hydroxylation sites is 1. The number of hydrogen-bond acceptors (Lipinski definition) is 2. The van der Waals surface area contributed by atoms with Crippen LogP contribution in [-0.2, 0) is 0 Å². The van der Waals surface area contributed by atoms with Crippen molar-refractivity contribution in [3.05, 3.63) is 36.0 Å². The number of aromatic nitrogens is 1. The molecule has 4 nitrogen and oxygen atoms in total. The third kappa shape index (κ3) is 2.77. The van der Waals surface area contributed by atoms with Gasteiger partial charge in [-0.3, -0.25) is 4.98 Å². The third-order valence-corrected chi connectivity index (χ3v) is 2.63. The van der Waals surface area contributed by atoms with Gasteiger partial charge in [0.15, 0.2) is 0 Å². The Labute approximate surface area is 106 Å². The lowest BCUT2D eigenvalue weighted by Crippen LogP contribution is -2.29. The molecule has 0 aliphatic heterocycles. The van der Waals surface area contributed by atoms with Crippen molar-refractivity contribution in [1.82, 2.24) is 10.3 Å². The van der Waals surface area contributed by atoms with E-state index in [0.29, 0.717) is 6.54 Å². The van der Waals surface area contributed by atoms with Crippen molar-refractivity contribution in [3.63, 3.8) is 0 Å². The van der Waals surface area contributed by atoms with E-state index in [-0.39, 0.29) is 6.03 Å². The van der Waals surface area contributed by atoms with Crippen LogP contribution >= 0.6 is 0 Å². The number of anilines is 1. The smallest absolute Gasteiger partial charge is 0.319 e. The molecule has 0 saturated heterocycles. The van der Waals surface area contributed by atoms with Gasteiger partial charge in [0.1, 0.15) is 0 Å². The Balaban J connectivity index is 2.29. The van der Waals surface area contributed by atoms with Gasteiger partial charge in [0.2, 0.25) is 0 Å². The van der Waals surface area contributed by atoms with Crippen LogP contribution in [0.3, 0.4) is 0 Å². The molecule has 0 saturated carbocycles. The maximum atomic E-state index is 11.7. The summed E-state index contributed by atoms with van der Waals surface area (Å²) in [6.45, 7) is 4.61. The molecule has 0 aliphatic rings. The zero-order valence-corrected chi connectivity index (χ0v) is 10.7. The number of amides is 2. The van der Waals surface area contributed by atoms with Crippen LogP contribution in [0, 0.1) is 6.92 Å². The van der Waals surface area contributed by atoms with Gasteiger partial charge < -0.3 is 10.6 Å². The lowest BCUT2D eigenvalue weighted by Gasteiger charge is -2.10. The van der Waals surface area contributed by atoms with E-state index in [1.807, 2.05) is 44.2 Å². The number of aryl methyl sites for hydroxylation is 1. The number of rotatable bonds is 3. The molecule has 0 radical (unpaired) electrons. The number of nitrogens with one attached hydrogen (secondary N) is 2. The monoisotopic (exact) mass is 243 g/mol. The van der Waals surface area contributed by atoms with Crippen LogP contribution in [0.15, 0.2) is 30.3 Å². The highest BCUT2D eigenvalue weighted by Gasteiger charge is 2.06. The van der Waals surface area contributed by atoms with Crippen molar-refractivity contribution in [2.45, 2.75) is 20.3 Å². The molecule has 94 valence electrons. The molecule has 18 heavy (non-hydrogen) atoms. The highest BCUT2D eigenvalue weighted by atomic mass is 16.2. The molecule has 0 spiro atoms. The molecule has 0 bridgehead atoms. The molecule has 2 rings (SSSR count). The lowest BCUT2D eigenvalue weighted by atomic mass is 10.1. The van der Waals surface area contributed by atoms with Crippen molar-refractivity contribution in [1.29, 1.82) is 0 Å². The molecule has 0 aliphatic carbocycles. The van der Waals surface area contributed by atoms with Crippen LogP contribution in [0.2, 0.25) is 0 Å². The van der Waals surface area contributed by atoms with E-state index in [9.17, 15) is 4.79 Å². The highest BCUT2D eigenvalue weighted by Crippen LogP contribution is 2.22. The van der Waals surface area contributed by atoms with E-state index in [1.54, 1.807) is 0 Å². The largest absolute Gasteiger partial charge is 0.338 e. The van der Waals surface area contributed by atoms with Crippen molar-refractivity contribution in [2.75, 3.05) is 11.9 Å². The summed E-state index contributed by atoms with van der Waals surface area (Å²) < 4.78 is 0. The number of benzene rings is 1. The van der Waals surface area contributed by atoms with Gasteiger partial charge in [-0.05, 0) is 25.5 Å². The minimum atomic E-state index is -0.174. The number of fused-ring (bicyclic) bond motifs is 1. The average Bonchev–Trinajstić information content (AvgIpc) is 2.36. The standard InChI is InChI=1S/C14H17N3O/c1-3-8-15-14(18)17-13-9-10(2)16-12-7-5-4-6-11(12)13/h4-7,9H,3,8H2,1-2H3,(H2,15,16,17,18). The molecule has 4 heteroatoms. The molecule has 2 N–H and O–H groups in total. The third-order valence-electron chi connectivity index (χ3n) is 2.63. The second-order valence-electron chi connectivity index (χ2n) is 4.21. The first-order valence-electron chi connectivity index (χ1n) is 6.12. The number of urea groups is 1. The van der Waals surface area contributed by atoms with Crippen LogP contribution in [0.1, 0.15) is 19.0 Å². The molecular formula is C14H17N3O. The number of carbonyl (C=O) groups excluding carboxylic acids is 1. The Bertz CT molecular complexity index is 566. The van der Waals surface area contributed by atoms with Gasteiger partial charge in [-0.25, -0.2) is 4.79 Å². The van der Waals surface area contributed by atoms with Gasteiger partial charge >= 0.3 is 6.03 Å². The maximum Gasteiger partial charge on any atom is 0.319 e. The molecule has 1 aromatic carbocycles. The van der Waals surface area contributed by atoms with E-state index in [2.05, 4.69) is 15.6 Å². The number of carbonyl (C=O) groups is 1. The number of nitrogens with zero attached hydrogens (tertiary/aromatic N) is 1. The molecular weight excluding hydrogens is 226 g/mol. The van der Waals surface area contributed by atoms with Gasteiger partial charge in [-0.15, -0.1) is 0 Å². The summed E-state index contributed by atoms with van der Waals surface area (Å²) in [6, 6.07) is 9.49. The second kappa shape index (κ2) is 5.49. The summed E-state index contributed by atoms with van der Waals surface area (Å²) in [5.74, 6) is 0. The first-order chi connectivity index (χ1) is 8.70. The first kappa shape index (κ1) is 12.4. The molecule has 0 unspecified atom stereocenters. The average molecular weight is 243 g/mol. The number of hydrogen-bond donors (Lipinski definition) is 2. The fourth-order valence-electron chi connectivity index (χ4n) is 1.82. The molecule has 1 aromatic heterocycles. The fourth-order valence-corrected chi connectivity index (χ4v) is 1.82. The Kier molecular flexibility index (Phi) is 3.77. The molecule has 0 atom stereocenters. The summed E-state index contributed by atoms with van der Waals surface area (Å²) in [7, 11) is 0. The predicted molar refractivity (Wildman–Crippen MR) is 73.8 cm³/mol. The topological polar surface area (TPSA) is 54.0 Å². The normalized spacial score (nSPS) is 10.3. The van der Waals surface area contributed by atoms with E-state index < -0.39 is 0 Å². The van der Waals surface area contributed by atoms with Crippen LogP contribution in [0.5, 0.6) is 0 Å². The van der Waals surface area contributed by atoms with E-state index in [4.69, 9.17) is 0 Å². The fraction of sp³-hybridized carbons (Fsp3) is 0.286. The Morgan fingerprint density at radius 1 is 1.33 bits per heavy atom. The summed E-state index contributed by atoms with van der Waals surface area (Å²) in [6.07, 6.45) is 0.920. The summed E-state index contributed by atoms with van der Waals surface area (Å²) >= 11 is 0. The zero-order chi connectivity index (χ0) is 13.0. The highest BCUT2D eigenvalue weighted by molar-refractivity contribution is 6.00. The van der Waals surface area contributed by atoms with Gasteiger partial charge in [-0.2, -0.15) is 0 Å². The summed E-state index contributed by atoms with van der Waals surface area (Å²) in [5.41, 5.74) is 2.58. The Hall–Kier alpha value is -2.10. The zero-order valence-electron chi connectivity index (χ0n) is 10.7. The lowest BCUT2D eigenvalue weighted by molar-refractivity contribution is 0.252. The van der Waals surface area contributed by atoms with Gasteiger partial charge in [-0.1, -0.05) is 25.1 Å². The molecule has 2 amide bonds. The van der Waals surface area contributed by atoms with Crippen molar-refractivity contribution in [2.24, 2.45) is 0 Å². The van der Waals surface area contributed by atoms with E-state index >= 15 is 0 Å². The second-order valence-corrected chi connectivity index (χ2v) is 4.21. The van der Waals surface area contributed by atoms with Crippen LogP contribution in [0.25, 0.3) is 10.9 Å². The Morgan fingerprint density at radius 3 is 2.89 bits per heavy atom. The minimum absolute atomic E-state index is 0.174. The van der Waals surface area contributed by atoms with Crippen LogP contribution < -0.4 is 10.6 Å². The van der Waals surface area contributed by atoms with Gasteiger partial charge in [0.05, 0.1) is 11.2 Å². The molecule has 0 fully saturated rings. The van der Waals surface area contributed by atoms with Gasteiger partial charge in [0, 0.05) is 17.6 Å². The van der Waals surface area contributed by atoms with E-state index in [1.165, 1.54) is 0 Å². The quantitative estimate of drug-likeness (QED) is 0.870. The number of pyridine rings is 1. The van der Waals surface area contributed by atoms with Crippen molar-refractivity contribution >= 4 is 22.6 Å².